The van der Waals surface area contributed by atoms with Gasteiger partial charge < -0.3 is 13.9 Å². The molecule has 2 atom stereocenters. The lowest BCUT2D eigenvalue weighted by Crippen LogP contribution is -2.28. The molecule has 0 spiro atoms. The van der Waals surface area contributed by atoms with Gasteiger partial charge in [-0.05, 0) is 43.7 Å². The number of carbonyl (C=O) groups is 1. The number of anilines is 1. The number of methoxy groups -OCH3 is 1. The molecule has 2 heterocycles. The molecule has 1 N–H and O–H groups in total. The normalized spacial score (nSPS) is 16.8. The molecule has 1 aromatic heterocycles. The first-order valence-electron chi connectivity index (χ1n) is 8.44. The second-order valence-corrected chi connectivity index (χ2v) is 6.21. The van der Waals surface area contributed by atoms with Crippen molar-refractivity contribution >= 4 is 11.8 Å². The lowest BCUT2D eigenvalue weighted by atomic mass is 10.1. The molecular weight excluding hydrogens is 320 g/mol. The zero-order valence-corrected chi connectivity index (χ0v) is 14.8. The number of ether oxygens (including phenoxy) is 2. The van der Waals surface area contributed by atoms with E-state index in [1.54, 1.807) is 12.0 Å². The van der Waals surface area contributed by atoms with Crippen LogP contribution < -0.4 is 10.2 Å². The van der Waals surface area contributed by atoms with Gasteiger partial charge in [0.25, 0.3) is 0 Å². The average Bonchev–Trinajstić information content (AvgIpc) is 3.23. The van der Waals surface area contributed by atoms with Crippen LogP contribution in [0.2, 0.25) is 0 Å². The number of benzene rings is 1. The van der Waals surface area contributed by atoms with Gasteiger partial charge in [-0.15, -0.1) is 0 Å². The SMILES string of the molecule is COC[C@@H](N[C@@H](C)c1cccc(N2CCOC2=O)c1)c1ccc(C)o1. The van der Waals surface area contributed by atoms with E-state index >= 15 is 0 Å². The van der Waals surface area contributed by atoms with Gasteiger partial charge in [-0.25, -0.2) is 4.79 Å². The van der Waals surface area contributed by atoms with E-state index < -0.39 is 0 Å². The topological polar surface area (TPSA) is 63.9 Å². The zero-order valence-electron chi connectivity index (χ0n) is 14.8. The van der Waals surface area contributed by atoms with Crippen LogP contribution in [-0.2, 0) is 9.47 Å². The molecular formula is C19H24N2O4. The Bertz CT molecular complexity index is 728. The minimum atomic E-state index is -0.291. The number of amides is 1. The van der Waals surface area contributed by atoms with Gasteiger partial charge in [-0.2, -0.15) is 0 Å². The van der Waals surface area contributed by atoms with Crippen LogP contribution >= 0.6 is 0 Å². The highest BCUT2D eigenvalue weighted by Crippen LogP contribution is 2.26. The van der Waals surface area contributed by atoms with E-state index in [4.69, 9.17) is 13.9 Å². The lowest BCUT2D eigenvalue weighted by molar-refractivity contribution is 0.151. The summed E-state index contributed by atoms with van der Waals surface area (Å²) in [7, 11) is 1.68. The van der Waals surface area contributed by atoms with E-state index in [-0.39, 0.29) is 18.2 Å². The highest BCUT2D eigenvalue weighted by Gasteiger charge is 2.24. The summed E-state index contributed by atoms with van der Waals surface area (Å²) in [5, 5.41) is 3.54. The van der Waals surface area contributed by atoms with Crippen molar-refractivity contribution in [3.63, 3.8) is 0 Å². The van der Waals surface area contributed by atoms with Crippen molar-refractivity contribution in [3.05, 3.63) is 53.5 Å². The summed E-state index contributed by atoms with van der Waals surface area (Å²) in [5.74, 6) is 1.73. The largest absolute Gasteiger partial charge is 0.465 e. The Hall–Kier alpha value is -2.31. The van der Waals surface area contributed by atoms with Crippen molar-refractivity contribution in [3.8, 4) is 0 Å². The van der Waals surface area contributed by atoms with Gasteiger partial charge in [-0.1, -0.05) is 12.1 Å². The van der Waals surface area contributed by atoms with E-state index in [2.05, 4.69) is 12.2 Å². The second kappa shape index (κ2) is 7.72. The maximum atomic E-state index is 11.8. The number of hydrogen-bond acceptors (Lipinski definition) is 5. The monoisotopic (exact) mass is 344 g/mol. The summed E-state index contributed by atoms with van der Waals surface area (Å²) < 4.78 is 16.1. The summed E-state index contributed by atoms with van der Waals surface area (Å²) in [6.07, 6.45) is -0.291. The van der Waals surface area contributed by atoms with Crippen molar-refractivity contribution in [1.82, 2.24) is 5.32 Å². The molecule has 6 heteroatoms. The fourth-order valence-electron chi connectivity index (χ4n) is 3.01. The third-order valence-corrected chi connectivity index (χ3v) is 4.33. The van der Waals surface area contributed by atoms with Crippen molar-refractivity contribution in [1.29, 1.82) is 0 Å². The highest BCUT2D eigenvalue weighted by molar-refractivity contribution is 5.89. The smallest absolute Gasteiger partial charge is 0.414 e. The van der Waals surface area contributed by atoms with E-state index in [9.17, 15) is 4.79 Å². The fraction of sp³-hybridized carbons (Fsp3) is 0.421. The third kappa shape index (κ3) is 4.03. The maximum Gasteiger partial charge on any atom is 0.414 e. The van der Waals surface area contributed by atoms with Gasteiger partial charge >= 0.3 is 6.09 Å². The number of aryl methyl sites for hydroxylation is 1. The zero-order chi connectivity index (χ0) is 17.8. The predicted octanol–water partition coefficient (Wildman–Crippen LogP) is 3.58. The summed E-state index contributed by atoms with van der Waals surface area (Å²) in [4.78, 5) is 13.4. The number of cyclic esters (lactones) is 1. The van der Waals surface area contributed by atoms with Crippen LogP contribution in [0.4, 0.5) is 10.5 Å². The van der Waals surface area contributed by atoms with Gasteiger partial charge in [0, 0.05) is 18.8 Å². The molecule has 25 heavy (non-hydrogen) atoms. The predicted molar refractivity (Wildman–Crippen MR) is 94.7 cm³/mol. The Kier molecular flexibility index (Phi) is 5.40. The van der Waals surface area contributed by atoms with E-state index in [0.717, 1.165) is 22.8 Å². The summed E-state index contributed by atoms with van der Waals surface area (Å²) in [6.45, 7) is 5.54. The number of rotatable bonds is 7. The maximum absolute atomic E-state index is 11.8. The minimum Gasteiger partial charge on any atom is -0.465 e. The Balaban J connectivity index is 1.75. The first kappa shape index (κ1) is 17.5. The lowest BCUT2D eigenvalue weighted by Gasteiger charge is -2.23. The van der Waals surface area contributed by atoms with Crippen LogP contribution in [0, 0.1) is 6.92 Å². The molecule has 1 aliphatic rings. The molecule has 1 aliphatic heterocycles. The number of nitrogens with zero attached hydrogens (tertiary/aromatic N) is 1. The van der Waals surface area contributed by atoms with Gasteiger partial charge in [0.1, 0.15) is 18.1 Å². The van der Waals surface area contributed by atoms with Gasteiger partial charge in [-0.3, -0.25) is 10.2 Å². The number of carbonyl (C=O) groups excluding carboxylic acids is 1. The molecule has 0 saturated carbocycles. The summed E-state index contributed by atoms with van der Waals surface area (Å²) in [6, 6.07) is 11.9. The molecule has 6 nitrogen and oxygen atoms in total. The third-order valence-electron chi connectivity index (χ3n) is 4.33. The first-order chi connectivity index (χ1) is 12.1. The summed E-state index contributed by atoms with van der Waals surface area (Å²) in [5.41, 5.74) is 1.94. The molecule has 1 saturated heterocycles. The van der Waals surface area contributed by atoms with Gasteiger partial charge in [0.05, 0.1) is 19.2 Å². The molecule has 1 amide bonds. The van der Waals surface area contributed by atoms with Gasteiger partial charge in [0.15, 0.2) is 0 Å². The van der Waals surface area contributed by atoms with Crippen molar-refractivity contribution in [2.75, 3.05) is 31.8 Å². The standard InChI is InChI=1S/C19H24N2O4/c1-13-7-8-18(25-13)17(12-23-3)20-14(2)15-5-4-6-16(11-15)21-9-10-24-19(21)22/h4-8,11,14,17,20H,9-10,12H2,1-3H3/t14-,17+/m0/s1. The molecule has 0 bridgehead atoms. The molecule has 2 aromatic rings. The van der Waals surface area contributed by atoms with E-state index in [1.165, 1.54) is 0 Å². The molecule has 3 rings (SSSR count). The Morgan fingerprint density at radius 2 is 2.16 bits per heavy atom. The number of furan rings is 1. The second-order valence-electron chi connectivity index (χ2n) is 6.21. The molecule has 134 valence electrons. The fourth-order valence-corrected chi connectivity index (χ4v) is 3.01. The molecule has 0 aliphatic carbocycles. The molecule has 0 radical (unpaired) electrons. The quantitative estimate of drug-likeness (QED) is 0.832. The minimum absolute atomic E-state index is 0.0471. The Morgan fingerprint density at radius 3 is 2.80 bits per heavy atom. The number of nitrogens with one attached hydrogen (secondary N) is 1. The van der Waals surface area contributed by atoms with Crippen LogP contribution in [0.5, 0.6) is 0 Å². The van der Waals surface area contributed by atoms with Crippen molar-refractivity contribution in [2.45, 2.75) is 25.9 Å². The molecule has 0 unspecified atom stereocenters. The molecule has 1 aromatic carbocycles. The highest BCUT2D eigenvalue weighted by atomic mass is 16.6. The van der Waals surface area contributed by atoms with Crippen molar-refractivity contribution in [2.24, 2.45) is 0 Å². The van der Waals surface area contributed by atoms with E-state index in [0.29, 0.717) is 19.8 Å². The van der Waals surface area contributed by atoms with Crippen molar-refractivity contribution < 1.29 is 18.7 Å². The Labute approximate surface area is 147 Å². The van der Waals surface area contributed by atoms with E-state index in [1.807, 2.05) is 43.3 Å². The average molecular weight is 344 g/mol. The molecule has 1 fully saturated rings. The number of hydrogen-bond donors (Lipinski definition) is 1. The first-order valence-corrected chi connectivity index (χ1v) is 8.44. The van der Waals surface area contributed by atoms with Crippen LogP contribution in [0.15, 0.2) is 40.8 Å². The van der Waals surface area contributed by atoms with Crippen LogP contribution in [0.3, 0.4) is 0 Å². The summed E-state index contributed by atoms with van der Waals surface area (Å²) >= 11 is 0. The van der Waals surface area contributed by atoms with Crippen LogP contribution in [0.1, 0.15) is 36.1 Å². The van der Waals surface area contributed by atoms with Crippen LogP contribution in [0.25, 0.3) is 0 Å². The Morgan fingerprint density at radius 1 is 1.32 bits per heavy atom. The van der Waals surface area contributed by atoms with Crippen LogP contribution in [-0.4, -0.2) is 33.0 Å². The van der Waals surface area contributed by atoms with Gasteiger partial charge in [0.2, 0.25) is 0 Å².